The summed E-state index contributed by atoms with van der Waals surface area (Å²) in [6.07, 6.45) is 7.70. The van der Waals surface area contributed by atoms with Crippen molar-refractivity contribution in [1.29, 1.82) is 0 Å². The highest BCUT2D eigenvalue weighted by Gasteiger charge is 2.54. The van der Waals surface area contributed by atoms with Gasteiger partial charge in [0, 0.05) is 48.7 Å². The molecule has 3 saturated heterocycles. The standard InChI is InChI=1S/C27H47F2N4O2P/c1-15(2)17-8-9-20(23(34)12-17)33-22-10-11-32(21-7-5-4-6-19(31-33)25(21)22)16(3)18-13-24(35)26(30-14-18)27(28,29)36/h15,17-26,30-31,34-35H,3-14,36H2,1-2H3/t17?,18?,19?,20?,21-,22?,23?,24?,25?,26?/m0/s1. The Kier molecular flexibility index (Phi) is 8.05. The summed E-state index contributed by atoms with van der Waals surface area (Å²) in [4.78, 5) is 2.47. The second kappa shape index (κ2) is 10.7. The van der Waals surface area contributed by atoms with E-state index in [1.807, 2.05) is 0 Å². The second-order valence-electron chi connectivity index (χ2n) is 12.6. The van der Waals surface area contributed by atoms with Crippen LogP contribution < -0.4 is 10.7 Å². The van der Waals surface area contributed by atoms with E-state index in [9.17, 15) is 19.0 Å². The molecular formula is C27H47F2N4O2P. The summed E-state index contributed by atoms with van der Waals surface area (Å²) in [5, 5.41) is 27.0. The summed E-state index contributed by atoms with van der Waals surface area (Å²) in [6.45, 7) is 10.3. The Morgan fingerprint density at radius 2 is 1.75 bits per heavy atom. The number of alkyl halides is 2. The fraction of sp³-hybridized carbons (Fsp3) is 0.926. The molecule has 5 aliphatic rings. The summed E-state index contributed by atoms with van der Waals surface area (Å²) in [5.41, 5.74) is 1.86. The molecule has 206 valence electrons. The third-order valence-electron chi connectivity index (χ3n) is 10.2. The topological polar surface area (TPSA) is 71.0 Å². The van der Waals surface area contributed by atoms with Gasteiger partial charge in [-0.15, -0.1) is 0 Å². The Bertz CT molecular complexity index is 798. The predicted octanol–water partition coefficient (Wildman–Crippen LogP) is 3.31. The van der Waals surface area contributed by atoms with E-state index < -0.39 is 17.8 Å². The van der Waals surface area contributed by atoms with Crippen LogP contribution in [0.15, 0.2) is 12.3 Å². The van der Waals surface area contributed by atoms with Gasteiger partial charge in [-0.25, -0.2) is 13.8 Å². The van der Waals surface area contributed by atoms with Gasteiger partial charge in [-0.3, -0.25) is 5.43 Å². The summed E-state index contributed by atoms with van der Waals surface area (Å²) in [7, 11) is 1.57. The van der Waals surface area contributed by atoms with Gasteiger partial charge in [0.2, 0.25) is 0 Å². The van der Waals surface area contributed by atoms with Crippen LogP contribution in [-0.4, -0.2) is 81.3 Å². The molecule has 0 amide bonds. The molecule has 10 unspecified atom stereocenters. The Hall–Kier alpha value is -0.370. The van der Waals surface area contributed by atoms with Crippen molar-refractivity contribution in [1.82, 2.24) is 20.7 Å². The lowest BCUT2D eigenvalue weighted by Crippen LogP contribution is -2.59. The van der Waals surface area contributed by atoms with E-state index in [0.29, 0.717) is 48.8 Å². The fourth-order valence-corrected chi connectivity index (χ4v) is 8.58. The molecule has 0 aromatic heterocycles. The van der Waals surface area contributed by atoms with Crippen LogP contribution in [0.2, 0.25) is 0 Å². The number of hydrogen-bond acceptors (Lipinski definition) is 6. The van der Waals surface area contributed by atoms with Crippen molar-refractivity contribution in [3.63, 3.8) is 0 Å². The number of aliphatic hydroxyl groups excluding tert-OH is 2. The lowest BCUT2D eigenvalue weighted by molar-refractivity contribution is -0.0503. The Labute approximate surface area is 217 Å². The van der Waals surface area contributed by atoms with E-state index in [-0.39, 0.29) is 18.1 Å². The molecule has 2 aliphatic carbocycles. The van der Waals surface area contributed by atoms with Crippen molar-refractivity contribution in [2.45, 2.75) is 120 Å². The van der Waals surface area contributed by atoms with Crippen LogP contribution in [0.25, 0.3) is 0 Å². The maximum absolute atomic E-state index is 13.9. The van der Waals surface area contributed by atoms with Crippen LogP contribution >= 0.6 is 9.24 Å². The first kappa shape index (κ1) is 27.2. The van der Waals surface area contributed by atoms with E-state index in [1.165, 1.54) is 19.3 Å². The van der Waals surface area contributed by atoms with Crippen LogP contribution in [-0.2, 0) is 0 Å². The number of halogens is 2. The number of aliphatic hydroxyl groups is 2. The molecule has 0 spiro atoms. The number of nitrogens with one attached hydrogen (secondary N) is 2. The van der Waals surface area contributed by atoms with Crippen LogP contribution in [0.5, 0.6) is 0 Å². The van der Waals surface area contributed by atoms with Gasteiger partial charge in [-0.05, 0) is 56.8 Å². The van der Waals surface area contributed by atoms with Crippen molar-refractivity contribution in [2.24, 2.45) is 23.7 Å². The van der Waals surface area contributed by atoms with Crippen molar-refractivity contribution in [2.75, 3.05) is 13.1 Å². The monoisotopic (exact) mass is 528 g/mol. The molecule has 0 radical (unpaired) electrons. The second-order valence-corrected chi connectivity index (χ2v) is 13.4. The van der Waals surface area contributed by atoms with Crippen LogP contribution in [0, 0.1) is 23.7 Å². The van der Waals surface area contributed by atoms with Crippen molar-refractivity contribution in [3.8, 4) is 0 Å². The molecule has 0 aromatic rings. The zero-order valence-electron chi connectivity index (χ0n) is 22.0. The lowest BCUT2D eigenvalue weighted by Gasteiger charge is -2.50. The van der Waals surface area contributed by atoms with E-state index in [0.717, 1.165) is 44.3 Å². The minimum absolute atomic E-state index is 0.0412. The van der Waals surface area contributed by atoms with E-state index >= 15 is 0 Å². The first-order chi connectivity index (χ1) is 17.1. The van der Waals surface area contributed by atoms with Crippen LogP contribution in [0.3, 0.4) is 0 Å². The molecule has 4 N–H and O–H groups in total. The molecule has 6 nitrogen and oxygen atoms in total. The zero-order chi connectivity index (χ0) is 25.8. The van der Waals surface area contributed by atoms with Crippen molar-refractivity contribution in [3.05, 3.63) is 12.3 Å². The Balaban J connectivity index is 1.29. The van der Waals surface area contributed by atoms with Gasteiger partial charge in [0.1, 0.15) is 6.04 Å². The Morgan fingerprint density at radius 3 is 2.42 bits per heavy atom. The fourth-order valence-electron chi connectivity index (χ4n) is 8.24. The van der Waals surface area contributed by atoms with Crippen LogP contribution in [0.4, 0.5) is 8.78 Å². The minimum atomic E-state index is -3.03. The first-order valence-electron chi connectivity index (χ1n) is 14.3. The molecule has 3 aliphatic heterocycles. The van der Waals surface area contributed by atoms with Gasteiger partial charge in [0.25, 0.3) is 5.66 Å². The number of rotatable bonds is 5. The summed E-state index contributed by atoms with van der Waals surface area (Å²) >= 11 is 0. The van der Waals surface area contributed by atoms with Crippen LogP contribution in [0.1, 0.15) is 71.6 Å². The normalized spacial score (nSPS) is 44.4. The molecule has 0 aromatic carbocycles. The number of nitrogens with zero attached hydrogens (tertiary/aromatic N) is 2. The number of piperidine rings is 2. The van der Waals surface area contributed by atoms with Crippen molar-refractivity contribution < 1.29 is 19.0 Å². The average molecular weight is 529 g/mol. The highest BCUT2D eigenvalue weighted by atomic mass is 31.0. The van der Waals surface area contributed by atoms with E-state index in [1.54, 1.807) is 9.24 Å². The van der Waals surface area contributed by atoms with Gasteiger partial charge in [-0.1, -0.05) is 42.5 Å². The smallest absolute Gasteiger partial charge is 0.276 e. The highest BCUT2D eigenvalue weighted by molar-refractivity contribution is 7.18. The van der Waals surface area contributed by atoms with Gasteiger partial charge < -0.3 is 20.4 Å². The number of hydrogen-bond donors (Lipinski definition) is 4. The zero-order valence-corrected chi connectivity index (χ0v) is 23.1. The molecular weight excluding hydrogens is 481 g/mol. The van der Waals surface area contributed by atoms with E-state index in [2.05, 4.69) is 41.1 Å². The molecule has 2 saturated carbocycles. The molecule has 36 heavy (non-hydrogen) atoms. The molecule has 0 bridgehead atoms. The van der Waals surface area contributed by atoms with Gasteiger partial charge >= 0.3 is 0 Å². The molecule has 9 heteroatoms. The molecule has 11 atom stereocenters. The predicted molar refractivity (Wildman–Crippen MR) is 141 cm³/mol. The number of hydrazine groups is 1. The summed E-state index contributed by atoms with van der Waals surface area (Å²) in [5.74, 6) is 1.65. The molecule has 5 rings (SSSR count). The lowest BCUT2D eigenvalue weighted by atomic mass is 9.76. The Morgan fingerprint density at radius 1 is 1.00 bits per heavy atom. The summed E-state index contributed by atoms with van der Waals surface area (Å²) in [6, 6.07) is 0.124. The van der Waals surface area contributed by atoms with E-state index in [4.69, 9.17) is 0 Å². The van der Waals surface area contributed by atoms with Gasteiger partial charge in [0.05, 0.1) is 18.2 Å². The summed E-state index contributed by atoms with van der Waals surface area (Å²) < 4.78 is 27.7. The largest absolute Gasteiger partial charge is 0.391 e. The molecule has 5 fully saturated rings. The van der Waals surface area contributed by atoms with Gasteiger partial charge in [-0.2, -0.15) is 0 Å². The van der Waals surface area contributed by atoms with Gasteiger partial charge in [0.15, 0.2) is 0 Å². The number of likely N-dealkylation sites (tertiary alicyclic amines) is 1. The third kappa shape index (κ3) is 5.12. The average Bonchev–Trinajstić information content (AvgIpc) is 3.05. The SMILES string of the molecule is C=C(C1CNC(C(F)(F)P)C(O)C1)N1CCC2C3C(CCCC[C@@H]31)NN2C1CCC(C(C)C)CC1O. The quantitative estimate of drug-likeness (QED) is 0.411. The van der Waals surface area contributed by atoms with Crippen molar-refractivity contribution >= 4 is 9.24 Å². The minimum Gasteiger partial charge on any atom is -0.391 e. The molecule has 3 heterocycles. The third-order valence-corrected chi connectivity index (χ3v) is 10.6. The highest BCUT2D eigenvalue weighted by Crippen LogP contribution is 2.46. The maximum atomic E-state index is 13.9. The first-order valence-corrected chi connectivity index (χ1v) is 14.9. The maximum Gasteiger partial charge on any atom is 0.276 e.